The molecule has 0 saturated carbocycles. The summed E-state index contributed by atoms with van der Waals surface area (Å²) in [4.78, 5) is 29.9. The lowest BCUT2D eigenvalue weighted by atomic mass is 9.93. The molecule has 0 fully saturated rings. The van der Waals surface area contributed by atoms with Gasteiger partial charge in [0.15, 0.2) is 0 Å². The van der Waals surface area contributed by atoms with Crippen LogP contribution in [-0.2, 0) is 20.1 Å². The van der Waals surface area contributed by atoms with Crippen molar-refractivity contribution in [3.05, 3.63) is 136 Å². The van der Waals surface area contributed by atoms with Gasteiger partial charge in [0.05, 0.1) is 13.7 Å². The molecule has 4 aromatic carbocycles. The van der Waals surface area contributed by atoms with Crippen molar-refractivity contribution < 1.29 is 9.53 Å². The summed E-state index contributed by atoms with van der Waals surface area (Å²) in [5.41, 5.74) is 4.79. The largest absolute Gasteiger partial charge is 0.496 e. The summed E-state index contributed by atoms with van der Waals surface area (Å²) in [5, 5.41) is 1.36. The minimum Gasteiger partial charge on any atom is -0.496 e. The van der Waals surface area contributed by atoms with Gasteiger partial charge in [-0.3, -0.25) is 9.59 Å². The first-order valence-corrected chi connectivity index (χ1v) is 12.6. The first kappa shape index (κ1) is 25.0. The molecule has 0 aliphatic carbocycles. The number of aryl methyl sites for hydroxylation is 1. The van der Waals surface area contributed by atoms with E-state index < -0.39 is 0 Å². The molecule has 0 radical (unpaired) electrons. The highest BCUT2D eigenvalue weighted by molar-refractivity contribution is 6.08. The lowest BCUT2D eigenvalue weighted by molar-refractivity contribution is 0.0719. The smallest absolute Gasteiger partial charge is 0.271 e. The van der Waals surface area contributed by atoms with Gasteiger partial charge in [-0.25, -0.2) is 0 Å². The number of ether oxygens (including phenoxy) is 1. The van der Waals surface area contributed by atoms with Crippen LogP contribution in [0.2, 0.25) is 0 Å². The molecule has 0 unspecified atom stereocenters. The Labute approximate surface area is 222 Å². The molecule has 0 aliphatic heterocycles. The number of methoxy groups -OCH3 is 1. The van der Waals surface area contributed by atoms with Gasteiger partial charge < -0.3 is 14.2 Å². The van der Waals surface area contributed by atoms with Crippen LogP contribution in [0.15, 0.2) is 108 Å². The highest BCUT2D eigenvalue weighted by atomic mass is 16.5. The van der Waals surface area contributed by atoms with Crippen LogP contribution in [-0.4, -0.2) is 22.5 Å². The van der Waals surface area contributed by atoms with Crippen LogP contribution in [0, 0.1) is 6.92 Å². The van der Waals surface area contributed by atoms with Gasteiger partial charge in [0.2, 0.25) is 0 Å². The van der Waals surface area contributed by atoms with E-state index >= 15 is 0 Å². The van der Waals surface area contributed by atoms with Crippen LogP contribution in [0.3, 0.4) is 0 Å². The van der Waals surface area contributed by atoms with Crippen LogP contribution >= 0.6 is 0 Å². The molecular formula is C33H30N2O3. The molecule has 1 amide bonds. The summed E-state index contributed by atoms with van der Waals surface area (Å²) in [7, 11) is 3.32. The second-order valence-corrected chi connectivity index (χ2v) is 9.41. The number of fused-ring (bicyclic) bond motifs is 1. The Balaban J connectivity index is 1.74. The minimum atomic E-state index is -0.219. The SMILES string of the molecule is COc1ccccc1CN(Cc1ccccc1)C(=O)c1c(-c2ccccc2C)c2ccccc2c(=O)n1C. The van der Waals surface area contributed by atoms with E-state index in [9.17, 15) is 9.59 Å². The zero-order valence-corrected chi connectivity index (χ0v) is 21.8. The van der Waals surface area contributed by atoms with Crippen LogP contribution in [0.4, 0.5) is 0 Å². The molecule has 0 spiro atoms. The van der Waals surface area contributed by atoms with Crippen molar-refractivity contribution in [2.75, 3.05) is 7.11 Å². The first-order chi connectivity index (χ1) is 18.5. The maximum Gasteiger partial charge on any atom is 0.271 e. The number of para-hydroxylation sites is 1. The van der Waals surface area contributed by atoms with Gasteiger partial charge in [0, 0.05) is 30.1 Å². The molecule has 5 heteroatoms. The minimum absolute atomic E-state index is 0.196. The molecule has 1 heterocycles. The topological polar surface area (TPSA) is 51.5 Å². The van der Waals surface area contributed by atoms with Gasteiger partial charge in [-0.05, 0) is 41.1 Å². The Morgan fingerprint density at radius 1 is 0.789 bits per heavy atom. The molecule has 0 aliphatic rings. The summed E-state index contributed by atoms with van der Waals surface area (Å²) in [5.74, 6) is 0.494. The van der Waals surface area contributed by atoms with Crippen LogP contribution < -0.4 is 10.3 Å². The molecule has 0 bridgehead atoms. The van der Waals surface area contributed by atoms with Crippen molar-refractivity contribution in [1.82, 2.24) is 9.47 Å². The van der Waals surface area contributed by atoms with E-state index in [-0.39, 0.29) is 11.5 Å². The molecule has 5 rings (SSSR count). The molecule has 0 N–H and O–H groups in total. The fraction of sp³-hybridized carbons (Fsp3) is 0.152. The Morgan fingerprint density at radius 3 is 2.16 bits per heavy atom. The Kier molecular flexibility index (Phi) is 7.09. The van der Waals surface area contributed by atoms with Crippen LogP contribution in [0.5, 0.6) is 5.75 Å². The van der Waals surface area contributed by atoms with Crippen LogP contribution in [0.1, 0.15) is 27.2 Å². The van der Waals surface area contributed by atoms with E-state index in [1.165, 1.54) is 4.57 Å². The maximum atomic E-state index is 14.6. The summed E-state index contributed by atoms with van der Waals surface area (Å²) >= 11 is 0. The summed E-state index contributed by atoms with van der Waals surface area (Å²) in [6.07, 6.45) is 0. The lowest BCUT2D eigenvalue weighted by Gasteiger charge is -2.27. The van der Waals surface area contributed by atoms with Gasteiger partial charge in [-0.15, -0.1) is 0 Å². The van der Waals surface area contributed by atoms with Gasteiger partial charge in [0.25, 0.3) is 11.5 Å². The molecule has 1 aromatic heterocycles. The average Bonchev–Trinajstić information content (AvgIpc) is 2.95. The van der Waals surface area contributed by atoms with Crippen molar-refractivity contribution in [1.29, 1.82) is 0 Å². The number of carbonyl (C=O) groups excluding carboxylic acids is 1. The highest BCUT2D eigenvalue weighted by Gasteiger charge is 2.27. The number of hydrogen-bond acceptors (Lipinski definition) is 3. The maximum absolute atomic E-state index is 14.6. The molecular weight excluding hydrogens is 472 g/mol. The van der Waals surface area contributed by atoms with Gasteiger partial charge in [-0.1, -0.05) is 91.0 Å². The third-order valence-corrected chi connectivity index (χ3v) is 6.98. The zero-order chi connectivity index (χ0) is 26.6. The number of nitrogens with zero attached hydrogens (tertiary/aromatic N) is 2. The van der Waals surface area contributed by atoms with E-state index in [1.807, 2.05) is 110 Å². The number of carbonyl (C=O) groups is 1. The fourth-order valence-corrected chi connectivity index (χ4v) is 5.03. The highest BCUT2D eigenvalue weighted by Crippen LogP contribution is 2.34. The molecule has 0 saturated heterocycles. The normalized spacial score (nSPS) is 10.9. The van der Waals surface area contributed by atoms with E-state index in [0.717, 1.165) is 33.2 Å². The number of pyridine rings is 1. The standard InChI is InChI=1S/C33H30N2O3/c1-23-13-7-9-17-26(23)30-27-18-10-11-19-28(27)32(36)34(2)31(30)33(37)35(21-24-14-5-4-6-15-24)22-25-16-8-12-20-29(25)38-3/h4-20H,21-22H2,1-3H3. The first-order valence-electron chi connectivity index (χ1n) is 12.6. The zero-order valence-electron chi connectivity index (χ0n) is 21.8. The quantitative estimate of drug-likeness (QED) is 0.260. The van der Waals surface area contributed by atoms with Crippen molar-refractivity contribution >= 4 is 16.7 Å². The Morgan fingerprint density at radius 2 is 1.42 bits per heavy atom. The molecule has 5 nitrogen and oxygen atoms in total. The molecule has 5 aromatic rings. The number of aromatic nitrogens is 1. The van der Waals surface area contributed by atoms with Crippen molar-refractivity contribution in [3.63, 3.8) is 0 Å². The van der Waals surface area contributed by atoms with Gasteiger partial charge in [-0.2, -0.15) is 0 Å². The Hall–Kier alpha value is -4.64. The average molecular weight is 503 g/mol. The number of rotatable bonds is 7. The predicted octanol–water partition coefficient (Wildman–Crippen LogP) is 6.37. The fourth-order valence-electron chi connectivity index (χ4n) is 5.03. The van der Waals surface area contributed by atoms with E-state index in [1.54, 1.807) is 19.1 Å². The summed E-state index contributed by atoms with van der Waals surface area (Å²) < 4.78 is 7.10. The second kappa shape index (κ2) is 10.8. The van der Waals surface area contributed by atoms with Gasteiger partial charge >= 0.3 is 0 Å². The second-order valence-electron chi connectivity index (χ2n) is 9.41. The van der Waals surface area contributed by atoms with Crippen molar-refractivity contribution in [2.45, 2.75) is 20.0 Å². The molecule has 38 heavy (non-hydrogen) atoms. The third-order valence-electron chi connectivity index (χ3n) is 6.98. The number of benzene rings is 4. The molecule has 190 valence electrons. The Bertz CT molecular complexity index is 1670. The monoisotopic (exact) mass is 502 g/mol. The third kappa shape index (κ3) is 4.71. The number of amides is 1. The van der Waals surface area contributed by atoms with E-state index in [4.69, 9.17) is 4.74 Å². The van der Waals surface area contributed by atoms with Gasteiger partial charge in [0.1, 0.15) is 11.4 Å². The molecule has 0 atom stereocenters. The summed E-state index contributed by atoms with van der Waals surface area (Å²) in [6, 6.07) is 33.1. The van der Waals surface area contributed by atoms with Crippen molar-refractivity contribution in [2.24, 2.45) is 7.05 Å². The lowest BCUT2D eigenvalue weighted by Crippen LogP contribution is -2.35. The van der Waals surface area contributed by atoms with E-state index in [2.05, 4.69) is 0 Å². The predicted molar refractivity (Wildman–Crippen MR) is 152 cm³/mol. The number of hydrogen-bond donors (Lipinski definition) is 0. The van der Waals surface area contributed by atoms with E-state index in [0.29, 0.717) is 29.9 Å². The van der Waals surface area contributed by atoms with Crippen molar-refractivity contribution in [3.8, 4) is 16.9 Å². The summed E-state index contributed by atoms with van der Waals surface area (Å²) in [6.45, 7) is 2.73. The van der Waals surface area contributed by atoms with Crippen LogP contribution in [0.25, 0.3) is 21.9 Å².